The molecule has 4 heteroatoms. The van der Waals surface area contributed by atoms with Crippen molar-refractivity contribution in [3.05, 3.63) is 24.3 Å². The van der Waals surface area contributed by atoms with Crippen LogP contribution in [0.5, 0.6) is 5.75 Å². The van der Waals surface area contributed by atoms with Gasteiger partial charge in [-0.1, -0.05) is 26.0 Å². The molecule has 2 rings (SSSR count). The van der Waals surface area contributed by atoms with Crippen LogP contribution in [0.1, 0.15) is 13.8 Å². The van der Waals surface area contributed by atoms with Gasteiger partial charge in [-0.15, -0.1) is 0 Å². The highest BCUT2D eigenvalue weighted by Crippen LogP contribution is 2.35. The third-order valence-electron chi connectivity index (χ3n) is 3.57. The lowest BCUT2D eigenvalue weighted by Crippen LogP contribution is -2.50. The molecule has 1 amide bonds. The average Bonchev–Trinajstić information content (AvgIpc) is 2.36. The van der Waals surface area contributed by atoms with E-state index in [4.69, 9.17) is 10.5 Å². The molecule has 0 bridgehead atoms. The van der Waals surface area contributed by atoms with Crippen molar-refractivity contribution >= 4 is 11.6 Å². The van der Waals surface area contributed by atoms with E-state index in [9.17, 15) is 4.79 Å². The molecule has 0 aliphatic carbocycles. The Labute approximate surface area is 108 Å². The van der Waals surface area contributed by atoms with Gasteiger partial charge in [0, 0.05) is 13.0 Å². The quantitative estimate of drug-likeness (QED) is 0.884. The number of amides is 1. The van der Waals surface area contributed by atoms with Crippen molar-refractivity contribution in [2.45, 2.75) is 20.0 Å². The molecule has 0 radical (unpaired) electrons. The van der Waals surface area contributed by atoms with Gasteiger partial charge in [-0.2, -0.15) is 0 Å². The molecule has 0 spiro atoms. The van der Waals surface area contributed by atoms with Gasteiger partial charge in [-0.25, -0.2) is 0 Å². The summed E-state index contributed by atoms with van der Waals surface area (Å²) >= 11 is 0. The zero-order valence-corrected chi connectivity index (χ0v) is 11.1. The maximum atomic E-state index is 12.3. The van der Waals surface area contributed by atoms with Gasteiger partial charge in [-0.05, 0) is 24.6 Å². The molecule has 0 fully saturated rings. The molecular weight excluding hydrogens is 228 g/mol. The van der Waals surface area contributed by atoms with E-state index >= 15 is 0 Å². The van der Waals surface area contributed by atoms with Crippen molar-refractivity contribution < 1.29 is 9.53 Å². The first kappa shape index (κ1) is 12.9. The first-order valence-corrected chi connectivity index (χ1v) is 6.29. The summed E-state index contributed by atoms with van der Waals surface area (Å²) in [6.45, 7) is 4.58. The van der Waals surface area contributed by atoms with Gasteiger partial charge in [0.05, 0.1) is 5.69 Å². The van der Waals surface area contributed by atoms with Crippen LogP contribution in [0.2, 0.25) is 0 Å². The van der Waals surface area contributed by atoms with Crippen molar-refractivity contribution in [2.75, 3.05) is 18.5 Å². The second-order valence-electron chi connectivity index (χ2n) is 5.05. The van der Waals surface area contributed by atoms with E-state index in [0.717, 1.165) is 11.4 Å². The van der Waals surface area contributed by atoms with Gasteiger partial charge in [0.25, 0.3) is 5.91 Å². The number of carbonyl (C=O) groups is 1. The maximum absolute atomic E-state index is 12.3. The summed E-state index contributed by atoms with van der Waals surface area (Å²) < 4.78 is 5.86. The molecule has 2 unspecified atom stereocenters. The van der Waals surface area contributed by atoms with Gasteiger partial charge in [0.15, 0.2) is 6.10 Å². The summed E-state index contributed by atoms with van der Waals surface area (Å²) in [7, 11) is 1.78. The van der Waals surface area contributed by atoms with Crippen LogP contribution >= 0.6 is 0 Å². The van der Waals surface area contributed by atoms with Crippen LogP contribution in [0.3, 0.4) is 0 Å². The lowest BCUT2D eigenvalue weighted by Gasteiger charge is -2.36. The largest absolute Gasteiger partial charge is 0.478 e. The van der Waals surface area contributed by atoms with E-state index in [2.05, 4.69) is 13.8 Å². The van der Waals surface area contributed by atoms with Crippen LogP contribution in [0, 0.1) is 11.8 Å². The van der Waals surface area contributed by atoms with E-state index in [1.54, 1.807) is 11.9 Å². The van der Waals surface area contributed by atoms with Crippen LogP contribution < -0.4 is 15.4 Å². The molecule has 1 aliphatic rings. The summed E-state index contributed by atoms with van der Waals surface area (Å²) in [5, 5.41) is 0. The molecule has 1 aromatic rings. The summed E-state index contributed by atoms with van der Waals surface area (Å²) in [5.41, 5.74) is 6.60. The average molecular weight is 248 g/mol. The highest BCUT2D eigenvalue weighted by Gasteiger charge is 2.38. The molecule has 1 heterocycles. The third kappa shape index (κ3) is 2.08. The van der Waals surface area contributed by atoms with Crippen molar-refractivity contribution in [2.24, 2.45) is 17.6 Å². The minimum atomic E-state index is -0.477. The van der Waals surface area contributed by atoms with Gasteiger partial charge in [0.2, 0.25) is 0 Å². The number of nitrogens with two attached hydrogens (primary N) is 1. The highest BCUT2D eigenvalue weighted by atomic mass is 16.5. The van der Waals surface area contributed by atoms with Crippen molar-refractivity contribution in [3.8, 4) is 5.75 Å². The van der Waals surface area contributed by atoms with Gasteiger partial charge < -0.3 is 15.4 Å². The predicted octanol–water partition coefficient (Wildman–Crippen LogP) is 1.64. The van der Waals surface area contributed by atoms with Crippen LogP contribution in [0.15, 0.2) is 24.3 Å². The number of likely N-dealkylation sites (N-methyl/N-ethyl adjacent to an activating group) is 1. The Bertz CT molecular complexity index is 445. The second kappa shape index (κ2) is 4.98. The first-order chi connectivity index (χ1) is 8.56. The number of benzene rings is 1. The number of carbonyl (C=O) groups excluding carboxylic acids is 1. The van der Waals surface area contributed by atoms with Crippen LogP contribution in [-0.2, 0) is 4.79 Å². The molecule has 0 aromatic heterocycles. The number of hydrogen-bond donors (Lipinski definition) is 1. The molecule has 0 saturated heterocycles. The number of fused-ring (bicyclic) bond motifs is 1. The summed E-state index contributed by atoms with van der Waals surface area (Å²) in [5.74, 6) is 1.08. The summed E-state index contributed by atoms with van der Waals surface area (Å²) in [6, 6.07) is 7.58. The van der Waals surface area contributed by atoms with E-state index in [-0.39, 0.29) is 11.8 Å². The molecule has 2 atom stereocenters. The van der Waals surface area contributed by atoms with E-state index in [0.29, 0.717) is 12.5 Å². The molecule has 2 N–H and O–H groups in total. The van der Waals surface area contributed by atoms with Gasteiger partial charge in [0.1, 0.15) is 5.75 Å². The van der Waals surface area contributed by atoms with Crippen LogP contribution in [0.25, 0.3) is 0 Å². The maximum Gasteiger partial charge on any atom is 0.268 e. The zero-order valence-electron chi connectivity index (χ0n) is 11.1. The molecule has 4 nitrogen and oxygen atoms in total. The predicted molar refractivity (Wildman–Crippen MR) is 71.7 cm³/mol. The van der Waals surface area contributed by atoms with Gasteiger partial charge >= 0.3 is 0 Å². The van der Waals surface area contributed by atoms with E-state index in [1.807, 2.05) is 24.3 Å². The van der Waals surface area contributed by atoms with E-state index in [1.165, 1.54) is 0 Å². The molecular formula is C14H20N2O2. The fourth-order valence-corrected chi connectivity index (χ4v) is 2.35. The second-order valence-corrected chi connectivity index (χ2v) is 5.05. The smallest absolute Gasteiger partial charge is 0.268 e. The fraction of sp³-hybridized carbons (Fsp3) is 0.500. The fourth-order valence-electron chi connectivity index (χ4n) is 2.35. The topological polar surface area (TPSA) is 55.6 Å². The SMILES string of the molecule is CC(C)C(CN)C1Oc2ccccc2N(C)C1=O. The molecule has 1 aliphatic heterocycles. The Kier molecular flexibility index (Phi) is 3.57. The molecule has 18 heavy (non-hydrogen) atoms. The van der Waals surface area contributed by atoms with Gasteiger partial charge in [-0.3, -0.25) is 4.79 Å². The first-order valence-electron chi connectivity index (χ1n) is 6.29. The monoisotopic (exact) mass is 248 g/mol. The lowest BCUT2D eigenvalue weighted by atomic mass is 9.88. The minimum Gasteiger partial charge on any atom is -0.478 e. The van der Waals surface area contributed by atoms with Crippen molar-refractivity contribution in [3.63, 3.8) is 0 Å². The Balaban J connectivity index is 2.34. The normalized spacial score (nSPS) is 20.6. The van der Waals surface area contributed by atoms with Crippen LogP contribution in [-0.4, -0.2) is 25.6 Å². The van der Waals surface area contributed by atoms with E-state index < -0.39 is 6.10 Å². The highest BCUT2D eigenvalue weighted by molar-refractivity contribution is 5.99. The Morgan fingerprint density at radius 2 is 2.06 bits per heavy atom. The summed E-state index contributed by atoms with van der Waals surface area (Å²) in [4.78, 5) is 14.0. The standard InChI is InChI=1S/C14H20N2O2/c1-9(2)10(8-15)13-14(17)16(3)11-6-4-5-7-12(11)18-13/h4-7,9-10,13H,8,15H2,1-3H3. The zero-order chi connectivity index (χ0) is 13.3. The van der Waals surface area contributed by atoms with Crippen molar-refractivity contribution in [1.29, 1.82) is 0 Å². The summed E-state index contributed by atoms with van der Waals surface area (Å²) in [6.07, 6.45) is -0.477. The van der Waals surface area contributed by atoms with Crippen molar-refractivity contribution in [1.82, 2.24) is 0 Å². The van der Waals surface area contributed by atoms with Crippen LogP contribution in [0.4, 0.5) is 5.69 Å². The number of nitrogens with zero attached hydrogens (tertiary/aromatic N) is 1. The third-order valence-corrected chi connectivity index (χ3v) is 3.57. The Hall–Kier alpha value is -1.55. The number of ether oxygens (including phenoxy) is 1. The number of rotatable bonds is 3. The minimum absolute atomic E-state index is 0.0159. The number of para-hydroxylation sites is 2. The number of anilines is 1. The Morgan fingerprint density at radius 1 is 1.39 bits per heavy atom. The number of hydrogen-bond acceptors (Lipinski definition) is 3. The Morgan fingerprint density at radius 3 is 2.67 bits per heavy atom. The molecule has 0 saturated carbocycles. The molecule has 1 aromatic carbocycles. The molecule has 98 valence electrons. The lowest BCUT2D eigenvalue weighted by molar-refractivity contribution is -0.129.